The zero-order valence-corrected chi connectivity index (χ0v) is 22.1. The van der Waals surface area contributed by atoms with Gasteiger partial charge in [0.05, 0.1) is 30.6 Å². The highest BCUT2D eigenvalue weighted by molar-refractivity contribution is 6.06. The Balaban J connectivity index is 1.28. The minimum atomic E-state index is -0.726. The Morgan fingerprint density at radius 2 is 1.80 bits per heavy atom. The molecular formula is C30H25FN4O5. The molecule has 2 aromatic heterocycles. The van der Waals surface area contributed by atoms with Crippen LogP contribution in [0, 0.1) is 12.7 Å². The molecule has 0 spiro atoms. The minimum Gasteiger partial charge on any atom is -0.493 e. The van der Waals surface area contributed by atoms with Crippen molar-refractivity contribution in [3.8, 4) is 23.1 Å². The number of aromatic nitrogens is 3. The summed E-state index contributed by atoms with van der Waals surface area (Å²) in [6.07, 6.45) is 4.71. The Labute approximate surface area is 228 Å². The van der Waals surface area contributed by atoms with Crippen LogP contribution in [-0.2, 0) is 13.0 Å². The summed E-state index contributed by atoms with van der Waals surface area (Å²) in [6.45, 7) is 2.65. The van der Waals surface area contributed by atoms with Crippen molar-refractivity contribution in [2.45, 2.75) is 26.3 Å². The molecule has 40 heavy (non-hydrogen) atoms. The highest BCUT2D eigenvalue weighted by Gasteiger charge is 2.21. The first kappa shape index (κ1) is 25.3. The minimum absolute atomic E-state index is 0.00326. The Morgan fingerprint density at radius 3 is 2.58 bits per heavy atom. The van der Waals surface area contributed by atoms with Gasteiger partial charge in [-0.05, 0) is 55.2 Å². The second-order valence-corrected chi connectivity index (χ2v) is 9.59. The third-order valence-corrected chi connectivity index (χ3v) is 6.98. The molecule has 6 rings (SSSR count). The van der Waals surface area contributed by atoms with Gasteiger partial charge in [0.2, 0.25) is 11.3 Å². The lowest BCUT2D eigenvalue weighted by Gasteiger charge is -2.21. The number of benzene rings is 3. The number of aryl methyl sites for hydroxylation is 3. The van der Waals surface area contributed by atoms with Crippen molar-refractivity contribution < 1.29 is 23.4 Å². The van der Waals surface area contributed by atoms with Gasteiger partial charge < -0.3 is 24.1 Å². The molecule has 1 amide bonds. The second kappa shape index (κ2) is 9.96. The number of fused-ring (bicyclic) bond motifs is 1. The van der Waals surface area contributed by atoms with Crippen LogP contribution in [0.15, 0.2) is 59.8 Å². The number of hydrogen-bond donors (Lipinski definition) is 1. The average Bonchev–Trinajstić information content (AvgIpc) is 2.95. The van der Waals surface area contributed by atoms with Gasteiger partial charge in [0.25, 0.3) is 5.91 Å². The molecule has 0 unspecified atom stereocenters. The molecule has 0 bridgehead atoms. The molecule has 3 aromatic carbocycles. The highest BCUT2D eigenvalue weighted by atomic mass is 19.1. The smallest absolute Gasteiger partial charge is 0.261 e. The van der Waals surface area contributed by atoms with Crippen LogP contribution in [0.25, 0.3) is 21.8 Å². The van der Waals surface area contributed by atoms with Crippen molar-refractivity contribution in [3.63, 3.8) is 0 Å². The quantitative estimate of drug-likeness (QED) is 0.308. The van der Waals surface area contributed by atoms with Crippen molar-refractivity contribution in [2.24, 2.45) is 0 Å². The van der Waals surface area contributed by atoms with Crippen molar-refractivity contribution in [2.75, 3.05) is 19.5 Å². The van der Waals surface area contributed by atoms with Gasteiger partial charge >= 0.3 is 0 Å². The summed E-state index contributed by atoms with van der Waals surface area (Å²) in [5, 5.41) is 3.66. The zero-order chi connectivity index (χ0) is 28.0. The van der Waals surface area contributed by atoms with Gasteiger partial charge in [-0.1, -0.05) is 6.07 Å². The summed E-state index contributed by atoms with van der Waals surface area (Å²) in [5.74, 6) is -0.397. The third-order valence-electron chi connectivity index (χ3n) is 6.98. The summed E-state index contributed by atoms with van der Waals surface area (Å²) in [7, 11) is 3.02. The maximum absolute atomic E-state index is 15.1. The Hall–Kier alpha value is -4.99. The predicted octanol–water partition coefficient (Wildman–Crippen LogP) is 5.40. The molecule has 5 aromatic rings. The molecular weight excluding hydrogens is 515 g/mol. The first-order chi connectivity index (χ1) is 19.4. The maximum atomic E-state index is 15.1. The summed E-state index contributed by atoms with van der Waals surface area (Å²) in [5.41, 5.74) is 3.31. The number of nitrogens with zero attached hydrogens (tertiary/aromatic N) is 3. The van der Waals surface area contributed by atoms with Crippen molar-refractivity contribution in [1.82, 2.24) is 14.5 Å². The predicted molar refractivity (Wildman–Crippen MR) is 148 cm³/mol. The molecule has 1 aliphatic rings. The second-order valence-electron chi connectivity index (χ2n) is 9.59. The third kappa shape index (κ3) is 4.37. The summed E-state index contributed by atoms with van der Waals surface area (Å²) in [4.78, 5) is 34.8. The van der Waals surface area contributed by atoms with Crippen molar-refractivity contribution in [1.29, 1.82) is 0 Å². The molecule has 9 nitrogen and oxygen atoms in total. The van der Waals surface area contributed by atoms with Crippen LogP contribution in [-0.4, -0.2) is 34.7 Å². The molecule has 3 heterocycles. The average molecular weight is 541 g/mol. The van der Waals surface area contributed by atoms with Gasteiger partial charge in [-0.15, -0.1) is 0 Å². The fraction of sp³-hybridized carbons (Fsp3) is 0.200. The SMILES string of the molecule is COc1cc2ncnc(Oc3ccc(NC(=O)c4cn5c6c(cc(C)cc6c4=O)CCC5)cc3F)c2cc1OC. The monoisotopic (exact) mass is 540 g/mol. The lowest BCUT2D eigenvalue weighted by Crippen LogP contribution is -2.25. The molecule has 0 atom stereocenters. The van der Waals surface area contributed by atoms with E-state index < -0.39 is 11.7 Å². The number of nitrogens with one attached hydrogen (secondary N) is 1. The number of pyridine rings is 1. The molecule has 1 aliphatic heterocycles. The van der Waals surface area contributed by atoms with E-state index in [1.165, 1.54) is 32.7 Å². The number of amides is 1. The standard InChI is InChI=1S/C30H25FN4O5/c1-16-9-17-5-4-8-35-14-21(28(36)20(10-16)27(17)35)29(37)34-18-6-7-24(22(31)11-18)40-30-19-12-25(38-2)26(39-3)13-23(19)32-15-33-30/h6-7,9-15H,4-5,8H2,1-3H3,(H,34,37). The lowest BCUT2D eigenvalue weighted by atomic mass is 9.97. The fourth-order valence-corrected chi connectivity index (χ4v) is 5.16. The number of anilines is 1. The number of hydrogen-bond acceptors (Lipinski definition) is 7. The number of halogens is 1. The molecule has 0 radical (unpaired) electrons. The van der Waals surface area contributed by atoms with E-state index in [1.807, 2.05) is 17.6 Å². The van der Waals surface area contributed by atoms with E-state index in [0.717, 1.165) is 35.6 Å². The van der Waals surface area contributed by atoms with Crippen LogP contribution >= 0.6 is 0 Å². The fourth-order valence-electron chi connectivity index (χ4n) is 5.16. The van der Waals surface area contributed by atoms with E-state index in [0.29, 0.717) is 34.3 Å². The van der Waals surface area contributed by atoms with Gasteiger partial charge in [0.1, 0.15) is 11.9 Å². The van der Waals surface area contributed by atoms with Gasteiger partial charge in [-0.3, -0.25) is 9.59 Å². The van der Waals surface area contributed by atoms with Gasteiger partial charge in [-0.2, -0.15) is 0 Å². The first-order valence-corrected chi connectivity index (χ1v) is 12.7. The van der Waals surface area contributed by atoms with E-state index in [9.17, 15) is 9.59 Å². The zero-order valence-electron chi connectivity index (χ0n) is 22.1. The summed E-state index contributed by atoms with van der Waals surface area (Å²) in [6, 6.07) is 11.2. The van der Waals surface area contributed by atoms with Crippen LogP contribution in [0.2, 0.25) is 0 Å². The van der Waals surface area contributed by atoms with E-state index in [2.05, 4.69) is 21.4 Å². The maximum Gasteiger partial charge on any atom is 0.261 e. The van der Waals surface area contributed by atoms with Crippen LogP contribution in [0.5, 0.6) is 23.1 Å². The topological polar surface area (TPSA) is 105 Å². The molecule has 10 heteroatoms. The number of carbonyl (C=O) groups is 1. The number of ether oxygens (including phenoxy) is 3. The van der Waals surface area contributed by atoms with Crippen LogP contribution in [0.4, 0.5) is 10.1 Å². The lowest BCUT2D eigenvalue weighted by molar-refractivity contribution is 0.102. The molecule has 0 saturated carbocycles. The van der Waals surface area contributed by atoms with E-state index >= 15 is 4.39 Å². The van der Waals surface area contributed by atoms with Crippen molar-refractivity contribution in [3.05, 3.63) is 87.7 Å². The Kier molecular flexibility index (Phi) is 6.30. The number of methoxy groups -OCH3 is 2. The van der Waals surface area contributed by atoms with Gasteiger partial charge in [-0.25, -0.2) is 14.4 Å². The molecule has 0 aliphatic carbocycles. The van der Waals surface area contributed by atoms with E-state index in [1.54, 1.807) is 18.3 Å². The number of carbonyl (C=O) groups excluding carboxylic acids is 1. The first-order valence-electron chi connectivity index (χ1n) is 12.7. The molecule has 1 N–H and O–H groups in total. The Bertz CT molecular complexity index is 1890. The van der Waals surface area contributed by atoms with E-state index in [4.69, 9.17) is 14.2 Å². The van der Waals surface area contributed by atoms with Crippen molar-refractivity contribution >= 4 is 33.4 Å². The van der Waals surface area contributed by atoms with Gasteiger partial charge in [0.15, 0.2) is 23.1 Å². The largest absolute Gasteiger partial charge is 0.493 e. The number of rotatable bonds is 6. The molecule has 0 saturated heterocycles. The van der Waals surface area contributed by atoms with Crippen LogP contribution in [0.3, 0.4) is 0 Å². The summed E-state index contributed by atoms with van der Waals surface area (Å²) >= 11 is 0. The molecule has 202 valence electrons. The van der Waals surface area contributed by atoms with E-state index in [-0.39, 0.29) is 28.3 Å². The molecule has 0 fully saturated rings. The van der Waals surface area contributed by atoms with Crippen LogP contribution < -0.4 is 25.0 Å². The van der Waals surface area contributed by atoms with Gasteiger partial charge in [0, 0.05) is 35.9 Å². The normalized spacial score (nSPS) is 12.4. The summed E-state index contributed by atoms with van der Waals surface area (Å²) < 4.78 is 33.5. The van der Waals surface area contributed by atoms with Crippen LogP contribution in [0.1, 0.15) is 27.9 Å². The highest BCUT2D eigenvalue weighted by Crippen LogP contribution is 2.36. The Morgan fingerprint density at radius 1 is 1.00 bits per heavy atom.